The Kier molecular flexibility index (Phi) is 5.90. The van der Waals surface area contributed by atoms with E-state index in [0.717, 1.165) is 61.1 Å². The van der Waals surface area contributed by atoms with E-state index in [1.807, 2.05) is 25.1 Å². The highest BCUT2D eigenvalue weighted by Crippen LogP contribution is 2.48. The van der Waals surface area contributed by atoms with Crippen molar-refractivity contribution >= 4 is 21.5 Å². The first kappa shape index (κ1) is 22.6. The monoisotopic (exact) mass is 477 g/mol. The molecule has 0 N–H and O–H groups in total. The van der Waals surface area contributed by atoms with Crippen LogP contribution in [-0.4, -0.2) is 14.1 Å². The van der Waals surface area contributed by atoms with Crippen LogP contribution in [0.25, 0.3) is 0 Å². The van der Waals surface area contributed by atoms with Crippen LogP contribution in [0.3, 0.4) is 0 Å². The van der Waals surface area contributed by atoms with Gasteiger partial charge in [-0.3, -0.25) is 9.79 Å². The summed E-state index contributed by atoms with van der Waals surface area (Å²) in [6, 6.07) is 15.6. The normalized spacial score (nSPS) is 20.0. The summed E-state index contributed by atoms with van der Waals surface area (Å²) in [6.45, 7) is 1.87. The van der Waals surface area contributed by atoms with E-state index in [4.69, 9.17) is 13.6 Å². The Labute approximate surface area is 199 Å². The first-order valence-corrected chi connectivity index (χ1v) is 13.1. The molecule has 5 rings (SSSR count). The van der Waals surface area contributed by atoms with Gasteiger partial charge in [0.2, 0.25) is 11.2 Å². The maximum absolute atomic E-state index is 13.0. The SMILES string of the molecule is Cc1ccc(S(=O)(=O)Oc2c(C[C@@]34CCCCCCC3=Nc3ccccc34)occc2=O)cc1. The van der Waals surface area contributed by atoms with E-state index in [0.29, 0.717) is 6.42 Å². The highest BCUT2D eigenvalue weighted by molar-refractivity contribution is 7.87. The number of rotatable bonds is 5. The minimum atomic E-state index is -4.20. The van der Waals surface area contributed by atoms with Crippen molar-refractivity contribution in [2.45, 2.75) is 62.2 Å². The van der Waals surface area contributed by atoms with Gasteiger partial charge in [0.15, 0.2) is 5.76 Å². The van der Waals surface area contributed by atoms with Crippen LogP contribution < -0.4 is 9.61 Å². The summed E-state index contributed by atoms with van der Waals surface area (Å²) in [6.07, 6.45) is 7.70. The molecule has 0 spiro atoms. The maximum atomic E-state index is 13.0. The fourth-order valence-electron chi connectivity index (χ4n) is 5.11. The molecule has 6 nitrogen and oxygen atoms in total. The van der Waals surface area contributed by atoms with Gasteiger partial charge in [-0.2, -0.15) is 8.42 Å². The van der Waals surface area contributed by atoms with Crippen molar-refractivity contribution in [2.24, 2.45) is 4.99 Å². The van der Waals surface area contributed by atoms with Crippen LogP contribution in [-0.2, 0) is 22.0 Å². The van der Waals surface area contributed by atoms with Gasteiger partial charge in [0.1, 0.15) is 4.90 Å². The molecule has 1 fully saturated rings. The zero-order valence-corrected chi connectivity index (χ0v) is 19.9. The molecule has 1 aliphatic carbocycles. The average molecular weight is 478 g/mol. The van der Waals surface area contributed by atoms with Crippen molar-refractivity contribution in [3.05, 3.63) is 88.0 Å². The Morgan fingerprint density at radius 2 is 1.76 bits per heavy atom. The molecule has 1 aromatic heterocycles. The predicted molar refractivity (Wildman–Crippen MR) is 131 cm³/mol. The van der Waals surface area contributed by atoms with E-state index in [1.165, 1.54) is 24.5 Å². The summed E-state index contributed by atoms with van der Waals surface area (Å²) in [7, 11) is -4.20. The lowest BCUT2D eigenvalue weighted by Gasteiger charge is -2.34. The van der Waals surface area contributed by atoms with Gasteiger partial charge in [-0.15, -0.1) is 0 Å². The zero-order valence-electron chi connectivity index (χ0n) is 19.1. The predicted octanol–water partition coefficient (Wildman–Crippen LogP) is 5.64. The third-order valence-electron chi connectivity index (χ3n) is 6.87. The summed E-state index contributed by atoms with van der Waals surface area (Å²) in [4.78, 5) is 17.8. The molecule has 0 radical (unpaired) electrons. The second kappa shape index (κ2) is 8.87. The zero-order chi connectivity index (χ0) is 23.8. The highest BCUT2D eigenvalue weighted by atomic mass is 32.2. The second-order valence-corrected chi connectivity index (χ2v) is 10.7. The van der Waals surface area contributed by atoms with Gasteiger partial charge in [-0.1, -0.05) is 55.2 Å². The van der Waals surface area contributed by atoms with Crippen molar-refractivity contribution < 1.29 is 17.0 Å². The highest BCUT2D eigenvalue weighted by Gasteiger charge is 2.44. The number of hydrogen-bond donors (Lipinski definition) is 0. The molecule has 1 atom stereocenters. The largest absolute Gasteiger partial charge is 0.465 e. The van der Waals surface area contributed by atoms with E-state index in [1.54, 1.807) is 12.1 Å². The van der Waals surface area contributed by atoms with Crippen molar-refractivity contribution in [1.82, 2.24) is 0 Å². The lowest BCUT2D eigenvalue weighted by atomic mass is 9.68. The van der Waals surface area contributed by atoms with Crippen LogP contribution in [0.1, 0.15) is 55.4 Å². The van der Waals surface area contributed by atoms with Gasteiger partial charge in [0.05, 0.1) is 12.0 Å². The van der Waals surface area contributed by atoms with Gasteiger partial charge in [0.25, 0.3) is 0 Å². The minimum Gasteiger partial charge on any atom is -0.465 e. The number of nitrogens with zero attached hydrogens (tertiary/aromatic N) is 1. The van der Waals surface area contributed by atoms with Crippen LogP contribution >= 0.6 is 0 Å². The topological polar surface area (TPSA) is 85.9 Å². The third-order valence-corrected chi connectivity index (χ3v) is 8.10. The molecule has 0 saturated heterocycles. The molecule has 7 heteroatoms. The van der Waals surface area contributed by atoms with Crippen LogP contribution in [0, 0.1) is 6.92 Å². The molecule has 1 aliphatic heterocycles. The van der Waals surface area contributed by atoms with Crippen LogP contribution in [0.4, 0.5) is 5.69 Å². The number of fused-ring (bicyclic) bond motifs is 3. The van der Waals surface area contributed by atoms with Crippen molar-refractivity contribution in [2.75, 3.05) is 0 Å². The fraction of sp³-hybridized carbons (Fsp3) is 0.333. The van der Waals surface area contributed by atoms with Gasteiger partial charge < -0.3 is 8.60 Å². The van der Waals surface area contributed by atoms with Crippen LogP contribution in [0.2, 0.25) is 0 Å². The molecule has 0 amide bonds. The summed E-state index contributed by atoms with van der Waals surface area (Å²) >= 11 is 0. The Morgan fingerprint density at radius 3 is 2.59 bits per heavy atom. The Bertz CT molecular complexity index is 1410. The number of para-hydroxylation sites is 1. The minimum absolute atomic E-state index is 0.00937. The summed E-state index contributed by atoms with van der Waals surface area (Å²) < 4.78 is 37.3. The van der Waals surface area contributed by atoms with Crippen molar-refractivity contribution in [3.8, 4) is 5.75 Å². The lowest BCUT2D eigenvalue weighted by molar-refractivity contribution is 0.382. The Balaban J connectivity index is 1.57. The van der Waals surface area contributed by atoms with E-state index in [-0.39, 0.29) is 16.4 Å². The van der Waals surface area contributed by atoms with Gasteiger partial charge >= 0.3 is 10.1 Å². The van der Waals surface area contributed by atoms with E-state index in [2.05, 4.69) is 6.07 Å². The average Bonchev–Trinajstić information content (AvgIpc) is 3.09. The summed E-state index contributed by atoms with van der Waals surface area (Å²) in [5.41, 5.74) is 3.07. The first-order valence-electron chi connectivity index (χ1n) is 11.7. The van der Waals surface area contributed by atoms with Gasteiger partial charge in [0, 0.05) is 23.6 Å². The molecule has 34 heavy (non-hydrogen) atoms. The molecule has 1 saturated carbocycles. The van der Waals surface area contributed by atoms with Crippen LogP contribution in [0.15, 0.2) is 80.0 Å². The standard InChI is InChI=1S/C27H27NO5S/c1-19-11-13-20(14-12-19)34(30,31)33-26-23(29)15-17-32-24(26)18-27-16-7-3-2-4-10-25(27)28-22-9-6-5-8-21(22)27/h5-6,8-9,11-15,17H,2-4,7,10,16,18H2,1H3/t27-/m1/s1. The molecule has 0 unspecified atom stereocenters. The van der Waals surface area contributed by atoms with Crippen molar-refractivity contribution in [3.63, 3.8) is 0 Å². The first-order chi connectivity index (χ1) is 16.4. The number of aliphatic imine (C=N–C) groups is 1. The van der Waals surface area contributed by atoms with E-state index < -0.39 is 21.0 Å². The molecule has 2 heterocycles. The molecule has 0 bridgehead atoms. The molecule has 3 aromatic rings. The Morgan fingerprint density at radius 1 is 1.00 bits per heavy atom. The molecule has 2 aromatic carbocycles. The fourth-order valence-corrected chi connectivity index (χ4v) is 6.07. The molecular weight excluding hydrogens is 450 g/mol. The second-order valence-electron chi connectivity index (χ2n) is 9.14. The molecule has 176 valence electrons. The smallest absolute Gasteiger partial charge is 0.339 e. The number of aryl methyl sites for hydroxylation is 1. The lowest BCUT2D eigenvalue weighted by Crippen LogP contribution is -2.37. The quantitative estimate of drug-likeness (QED) is 0.444. The third kappa shape index (κ3) is 4.09. The van der Waals surface area contributed by atoms with E-state index >= 15 is 0 Å². The van der Waals surface area contributed by atoms with Crippen molar-refractivity contribution in [1.29, 1.82) is 0 Å². The number of benzene rings is 2. The van der Waals surface area contributed by atoms with Gasteiger partial charge in [-0.25, -0.2) is 0 Å². The maximum Gasteiger partial charge on any atom is 0.339 e. The van der Waals surface area contributed by atoms with Crippen LogP contribution in [0.5, 0.6) is 5.75 Å². The molecular formula is C27H27NO5S. The van der Waals surface area contributed by atoms with E-state index in [9.17, 15) is 13.2 Å². The van der Waals surface area contributed by atoms with Gasteiger partial charge in [-0.05, 0) is 49.9 Å². The summed E-state index contributed by atoms with van der Waals surface area (Å²) in [5.74, 6) is -0.0450. The molecule has 2 aliphatic rings. The summed E-state index contributed by atoms with van der Waals surface area (Å²) in [5, 5.41) is 0. The number of hydrogen-bond acceptors (Lipinski definition) is 6. The Hall–Kier alpha value is -3.19.